The van der Waals surface area contributed by atoms with Crippen LogP contribution in [-0.2, 0) is 22.5 Å². The average molecular weight is 344 g/mol. The van der Waals surface area contributed by atoms with Crippen LogP contribution in [-0.4, -0.2) is 55.3 Å². The number of aromatic nitrogens is 5. The van der Waals surface area contributed by atoms with E-state index in [2.05, 4.69) is 24.7 Å². The highest BCUT2D eigenvalue weighted by molar-refractivity contribution is 5.75. The van der Waals surface area contributed by atoms with E-state index in [1.165, 1.54) is 0 Å². The Labute approximate surface area is 146 Å². The van der Waals surface area contributed by atoms with Gasteiger partial charge >= 0.3 is 0 Å². The van der Waals surface area contributed by atoms with Crippen molar-refractivity contribution in [2.45, 2.75) is 51.1 Å². The van der Waals surface area contributed by atoms with Crippen molar-refractivity contribution in [3.05, 3.63) is 29.9 Å². The van der Waals surface area contributed by atoms with E-state index in [-0.39, 0.29) is 11.9 Å². The summed E-state index contributed by atoms with van der Waals surface area (Å²) in [5.41, 5.74) is 1.06. The Hall–Kier alpha value is -2.22. The molecule has 1 saturated heterocycles. The Balaban J connectivity index is 1.66. The molecule has 2 aromatic rings. The minimum atomic E-state index is 0.132. The number of carbonyl (C=O) groups is 1. The first kappa shape index (κ1) is 16.3. The maximum atomic E-state index is 12.3. The molecule has 8 heteroatoms. The Morgan fingerprint density at radius 3 is 2.92 bits per heavy atom. The zero-order valence-electron chi connectivity index (χ0n) is 14.5. The molecule has 0 spiro atoms. The summed E-state index contributed by atoms with van der Waals surface area (Å²) in [6.07, 6.45) is 6.80. The van der Waals surface area contributed by atoms with E-state index in [0.717, 1.165) is 49.8 Å². The molecular weight excluding hydrogens is 320 g/mol. The number of H-pyrrole nitrogens is 1. The van der Waals surface area contributed by atoms with E-state index in [1.54, 1.807) is 6.33 Å². The fraction of sp³-hybridized carbons (Fsp3) is 0.647. The van der Waals surface area contributed by atoms with Gasteiger partial charge in [-0.25, -0.2) is 4.98 Å². The van der Waals surface area contributed by atoms with E-state index in [1.807, 2.05) is 18.0 Å². The van der Waals surface area contributed by atoms with Gasteiger partial charge in [0.15, 0.2) is 5.82 Å². The number of aromatic amines is 1. The first-order valence-corrected chi connectivity index (χ1v) is 9.02. The summed E-state index contributed by atoms with van der Waals surface area (Å²) in [6.45, 7) is 4.69. The van der Waals surface area contributed by atoms with E-state index in [0.29, 0.717) is 25.4 Å². The van der Waals surface area contributed by atoms with Gasteiger partial charge in [0.2, 0.25) is 5.91 Å². The van der Waals surface area contributed by atoms with Gasteiger partial charge in [0, 0.05) is 50.4 Å². The van der Waals surface area contributed by atoms with Crippen LogP contribution in [0, 0.1) is 0 Å². The lowest BCUT2D eigenvalue weighted by Gasteiger charge is -2.35. The quantitative estimate of drug-likeness (QED) is 0.906. The van der Waals surface area contributed by atoms with Gasteiger partial charge in [-0.2, -0.15) is 0 Å². The zero-order valence-corrected chi connectivity index (χ0v) is 14.5. The molecule has 0 unspecified atom stereocenters. The van der Waals surface area contributed by atoms with Crippen LogP contribution < -0.4 is 0 Å². The van der Waals surface area contributed by atoms with Crippen LogP contribution >= 0.6 is 0 Å². The maximum absolute atomic E-state index is 12.3. The topological polar surface area (TPSA) is 88.9 Å². The second kappa shape index (κ2) is 6.95. The van der Waals surface area contributed by atoms with E-state index < -0.39 is 0 Å². The highest BCUT2D eigenvalue weighted by Gasteiger charge is 2.34. The van der Waals surface area contributed by atoms with Crippen molar-refractivity contribution in [1.29, 1.82) is 0 Å². The Morgan fingerprint density at radius 2 is 2.20 bits per heavy atom. The Bertz CT molecular complexity index is 720. The average Bonchev–Trinajstić information content (AvgIpc) is 3.31. The van der Waals surface area contributed by atoms with Crippen LogP contribution in [0.25, 0.3) is 0 Å². The zero-order chi connectivity index (χ0) is 17.2. The highest BCUT2D eigenvalue weighted by atomic mass is 16.5. The lowest BCUT2D eigenvalue weighted by atomic mass is 9.98. The largest absolute Gasteiger partial charge is 0.381 e. The van der Waals surface area contributed by atoms with Crippen LogP contribution in [0.4, 0.5) is 0 Å². The molecule has 0 aliphatic carbocycles. The second-order valence-electron chi connectivity index (χ2n) is 6.79. The molecule has 0 aromatic carbocycles. The van der Waals surface area contributed by atoms with Gasteiger partial charge in [0.25, 0.3) is 0 Å². The van der Waals surface area contributed by atoms with Crippen molar-refractivity contribution in [1.82, 2.24) is 29.6 Å². The van der Waals surface area contributed by atoms with E-state index in [9.17, 15) is 4.79 Å². The van der Waals surface area contributed by atoms with Gasteiger partial charge in [-0.3, -0.25) is 4.79 Å². The summed E-state index contributed by atoms with van der Waals surface area (Å²) in [7, 11) is 0. The fourth-order valence-electron chi connectivity index (χ4n) is 3.87. The van der Waals surface area contributed by atoms with Crippen molar-refractivity contribution in [3.8, 4) is 0 Å². The number of hydrogen-bond donors (Lipinski definition) is 1. The third kappa shape index (κ3) is 3.18. The summed E-state index contributed by atoms with van der Waals surface area (Å²) in [4.78, 5) is 21.5. The minimum absolute atomic E-state index is 0.132. The predicted molar refractivity (Wildman–Crippen MR) is 89.9 cm³/mol. The molecule has 4 heterocycles. The Morgan fingerprint density at radius 1 is 1.36 bits per heavy atom. The fourth-order valence-corrected chi connectivity index (χ4v) is 3.87. The summed E-state index contributed by atoms with van der Waals surface area (Å²) in [5.74, 6) is 2.48. The maximum Gasteiger partial charge on any atom is 0.222 e. The van der Waals surface area contributed by atoms with Gasteiger partial charge in [-0.15, -0.1) is 10.2 Å². The number of nitrogens with zero attached hydrogens (tertiary/aromatic N) is 5. The molecule has 0 saturated carbocycles. The number of nitrogens with one attached hydrogen (secondary N) is 1. The lowest BCUT2D eigenvalue weighted by molar-refractivity contribution is -0.133. The lowest BCUT2D eigenvalue weighted by Crippen LogP contribution is -2.42. The molecule has 0 bridgehead atoms. The van der Waals surface area contributed by atoms with E-state index in [4.69, 9.17) is 4.74 Å². The van der Waals surface area contributed by atoms with Crippen LogP contribution in [0.5, 0.6) is 0 Å². The number of amides is 1. The summed E-state index contributed by atoms with van der Waals surface area (Å²) < 4.78 is 7.77. The van der Waals surface area contributed by atoms with Crippen molar-refractivity contribution in [2.75, 3.05) is 19.8 Å². The number of carbonyl (C=O) groups excluding carboxylic acids is 1. The first-order valence-electron chi connectivity index (χ1n) is 9.02. The van der Waals surface area contributed by atoms with Gasteiger partial charge in [0.1, 0.15) is 5.82 Å². The smallest absolute Gasteiger partial charge is 0.222 e. The number of ether oxygens (including phenoxy) is 1. The van der Waals surface area contributed by atoms with Crippen molar-refractivity contribution < 1.29 is 9.53 Å². The van der Waals surface area contributed by atoms with Crippen molar-refractivity contribution >= 4 is 5.91 Å². The van der Waals surface area contributed by atoms with Gasteiger partial charge < -0.3 is 19.2 Å². The van der Waals surface area contributed by atoms with E-state index >= 15 is 0 Å². The van der Waals surface area contributed by atoms with Crippen LogP contribution in [0.15, 0.2) is 12.5 Å². The minimum Gasteiger partial charge on any atom is -0.381 e. The third-order valence-electron chi connectivity index (χ3n) is 5.17. The number of imidazole rings is 1. The molecule has 1 amide bonds. The molecular formula is C17H24N6O2. The molecule has 2 aromatic heterocycles. The predicted octanol–water partition coefficient (Wildman–Crippen LogP) is 1.43. The number of hydrogen-bond acceptors (Lipinski definition) is 5. The van der Waals surface area contributed by atoms with Crippen molar-refractivity contribution in [3.63, 3.8) is 0 Å². The molecule has 0 radical (unpaired) electrons. The molecule has 1 fully saturated rings. The standard InChI is InChI=1S/C17H24N6O2/c1-2-16(24)22-9-14(7-13-8-18-11-19-13)23-15(10-22)20-21-17(23)12-3-5-25-6-4-12/h8,11-12,14H,2-7,9-10H2,1H3,(H,18,19)/t14-/m0/s1. The molecule has 8 nitrogen and oxygen atoms in total. The molecule has 25 heavy (non-hydrogen) atoms. The van der Waals surface area contributed by atoms with Crippen LogP contribution in [0.1, 0.15) is 55.5 Å². The van der Waals surface area contributed by atoms with Crippen LogP contribution in [0.2, 0.25) is 0 Å². The molecule has 1 atom stereocenters. The summed E-state index contributed by atoms with van der Waals surface area (Å²) >= 11 is 0. The monoisotopic (exact) mass is 344 g/mol. The van der Waals surface area contributed by atoms with Crippen LogP contribution in [0.3, 0.4) is 0 Å². The van der Waals surface area contributed by atoms with Gasteiger partial charge in [-0.05, 0) is 12.8 Å². The second-order valence-corrected chi connectivity index (χ2v) is 6.79. The van der Waals surface area contributed by atoms with Gasteiger partial charge in [-0.1, -0.05) is 6.92 Å². The Kier molecular flexibility index (Phi) is 4.52. The van der Waals surface area contributed by atoms with Gasteiger partial charge in [0.05, 0.1) is 18.9 Å². The first-order chi connectivity index (χ1) is 12.3. The molecule has 1 N–H and O–H groups in total. The molecule has 134 valence electrons. The molecule has 4 rings (SSSR count). The third-order valence-corrected chi connectivity index (χ3v) is 5.17. The SMILES string of the molecule is CCC(=O)N1Cc2nnc(C3CCOCC3)n2[C@@H](Cc2cnc[nH]2)C1. The van der Waals surface area contributed by atoms with Crippen molar-refractivity contribution in [2.24, 2.45) is 0 Å². The summed E-state index contributed by atoms with van der Waals surface area (Å²) in [6, 6.07) is 0.132. The number of rotatable bonds is 4. The highest BCUT2D eigenvalue weighted by Crippen LogP contribution is 2.32. The molecule has 2 aliphatic heterocycles. The normalized spacial score (nSPS) is 21.3. The number of fused-ring (bicyclic) bond motifs is 1. The molecule has 2 aliphatic rings. The summed E-state index contributed by atoms with van der Waals surface area (Å²) in [5, 5.41) is 8.95.